The van der Waals surface area contributed by atoms with Gasteiger partial charge in [-0.2, -0.15) is 0 Å². The van der Waals surface area contributed by atoms with Gasteiger partial charge >= 0.3 is 0 Å². The highest BCUT2D eigenvalue weighted by Crippen LogP contribution is 2.13. The van der Waals surface area contributed by atoms with Gasteiger partial charge in [0, 0.05) is 6.54 Å². The number of likely N-dealkylation sites (N-methyl/N-ethyl adjacent to an activating group) is 1. The Balaban J connectivity index is 2.57. The smallest absolute Gasteiger partial charge is 0.184 e. The van der Waals surface area contributed by atoms with Gasteiger partial charge in [0.15, 0.2) is 8.32 Å². The van der Waals surface area contributed by atoms with Crippen LogP contribution in [0.1, 0.15) is 13.8 Å². The summed E-state index contributed by atoms with van der Waals surface area (Å²) in [7, 11) is -1.56. The average molecular weight is 295 g/mol. The fraction of sp³-hybridized carbons (Fsp3) is 0.625. The van der Waals surface area contributed by atoms with E-state index in [0.717, 1.165) is 25.4 Å². The van der Waals surface area contributed by atoms with Gasteiger partial charge in [-0.3, -0.25) is 0 Å². The summed E-state index contributed by atoms with van der Waals surface area (Å²) in [5.74, 6) is 0.913. The fourth-order valence-electron chi connectivity index (χ4n) is 2.10. The van der Waals surface area contributed by atoms with E-state index in [4.69, 9.17) is 9.16 Å². The second kappa shape index (κ2) is 8.45. The van der Waals surface area contributed by atoms with Gasteiger partial charge in [-0.15, -0.1) is 0 Å². The summed E-state index contributed by atoms with van der Waals surface area (Å²) in [5, 5.41) is 0. The van der Waals surface area contributed by atoms with E-state index in [1.54, 1.807) is 0 Å². The van der Waals surface area contributed by atoms with Crippen LogP contribution in [0.15, 0.2) is 30.3 Å². The number of hydrogen-bond acceptors (Lipinski definition) is 3. The Morgan fingerprint density at radius 3 is 2.15 bits per heavy atom. The van der Waals surface area contributed by atoms with Crippen molar-refractivity contribution >= 4 is 8.32 Å². The van der Waals surface area contributed by atoms with Crippen LogP contribution in [0, 0.1) is 0 Å². The zero-order valence-electron chi connectivity index (χ0n) is 13.6. The van der Waals surface area contributed by atoms with Gasteiger partial charge in [-0.05, 0) is 44.9 Å². The number of ether oxygens (including phenoxy) is 1. The number of nitrogens with zero attached hydrogens (tertiary/aromatic N) is 1. The van der Waals surface area contributed by atoms with Crippen LogP contribution in [0.4, 0.5) is 0 Å². The maximum Gasteiger partial charge on any atom is 0.184 e. The number of para-hydroxylation sites is 1. The van der Waals surface area contributed by atoms with Crippen molar-refractivity contribution in [1.29, 1.82) is 0 Å². The third kappa shape index (κ3) is 7.08. The van der Waals surface area contributed by atoms with Crippen LogP contribution in [0.25, 0.3) is 0 Å². The first kappa shape index (κ1) is 17.2. The minimum absolute atomic E-state index is 0.141. The Morgan fingerprint density at radius 1 is 1.05 bits per heavy atom. The predicted octanol–water partition coefficient (Wildman–Crippen LogP) is 3.63. The number of rotatable bonds is 9. The van der Waals surface area contributed by atoms with E-state index in [-0.39, 0.29) is 6.10 Å². The molecule has 0 spiro atoms. The molecular formula is C16H29NO2Si. The van der Waals surface area contributed by atoms with Crippen molar-refractivity contribution in [2.24, 2.45) is 0 Å². The van der Waals surface area contributed by atoms with Gasteiger partial charge in [-0.1, -0.05) is 32.0 Å². The standard InChI is InChI=1S/C16H29NO2Si/c1-6-17(7-2)13-16(19-20(3,4)5)14-18-15-11-9-8-10-12-15/h8-12,16H,6-7,13-14H2,1-5H3. The second-order valence-corrected chi connectivity index (χ2v) is 10.4. The van der Waals surface area contributed by atoms with Gasteiger partial charge in [-0.25, -0.2) is 0 Å². The second-order valence-electron chi connectivity index (χ2n) is 5.96. The maximum atomic E-state index is 6.27. The topological polar surface area (TPSA) is 21.7 Å². The summed E-state index contributed by atoms with van der Waals surface area (Å²) in [6.45, 7) is 14.7. The first-order chi connectivity index (χ1) is 9.44. The van der Waals surface area contributed by atoms with Crippen LogP contribution in [0.3, 0.4) is 0 Å². The Morgan fingerprint density at radius 2 is 1.65 bits per heavy atom. The van der Waals surface area contributed by atoms with Gasteiger partial charge in [0.1, 0.15) is 12.4 Å². The van der Waals surface area contributed by atoms with E-state index >= 15 is 0 Å². The molecule has 0 heterocycles. The molecule has 0 radical (unpaired) electrons. The third-order valence-corrected chi connectivity index (χ3v) is 4.10. The maximum absolute atomic E-state index is 6.27. The molecule has 0 saturated heterocycles. The Labute approximate surface area is 125 Å². The molecule has 3 nitrogen and oxygen atoms in total. The first-order valence-electron chi connectivity index (χ1n) is 7.52. The molecule has 0 aliphatic carbocycles. The van der Waals surface area contributed by atoms with Crippen molar-refractivity contribution in [3.63, 3.8) is 0 Å². The highest BCUT2D eigenvalue weighted by molar-refractivity contribution is 6.69. The quantitative estimate of drug-likeness (QED) is 0.649. The lowest BCUT2D eigenvalue weighted by Gasteiger charge is -2.30. The van der Waals surface area contributed by atoms with Crippen LogP contribution in [-0.4, -0.2) is 45.6 Å². The van der Waals surface area contributed by atoms with Crippen molar-refractivity contribution in [1.82, 2.24) is 4.90 Å². The fourth-order valence-corrected chi connectivity index (χ4v) is 3.24. The average Bonchev–Trinajstić information content (AvgIpc) is 2.41. The van der Waals surface area contributed by atoms with E-state index < -0.39 is 8.32 Å². The summed E-state index contributed by atoms with van der Waals surface area (Å²) in [6, 6.07) is 9.97. The van der Waals surface area contributed by atoms with Crippen molar-refractivity contribution in [2.45, 2.75) is 39.6 Å². The number of hydrogen-bond donors (Lipinski definition) is 0. The summed E-state index contributed by atoms with van der Waals surface area (Å²) in [5.41, 5.74) is 0. The summed E-state index contributed by atoms with van der Waals surface area (Å²) >= 11 is 0. The van der Waals surface area contributed by atoms with Crippen molar-refractivity contribution < 1.29 is 9.16 Å². The van der Waals surface area contributed by atoms with Crippen LogP contribution in [0.2, 0.25) is 19.6 Å². The van der Waals surface area contributed by atoms with Crippen LogP contribution in [0.5, 0.6) is 5.75 Å². The van der Waals surface area contributed by atoms with E-state index in [9.17, 15) is 0 Å². The largest absolute Gasteiger partial charge is 0.491 e. The zero-order chi connectivity index (χ0) is 15.0. The van der Waals surface area contributed by atoms with Crippen molar-refractivity contribution in [2.75, 3.05) is 26.2 Å². The molecule has 4 heteroatoms. The molecule has 0 aliphatic heterocycles. The molecule has 0 aliphatic rings. The van der Waals surface area contributed by atoms with Crippen molar-refractivity contribution in [3.8, 4) is 5.75 Å². The molecule has 0 aromatic heterocycles. The van der Waals surface area contributed by atoms with E-state index in [2.05, 4.69) is 38.4 Å². The molecule has 0 saturated carbocycles. The highest BCUT2D eigenvalue weighted by atomic mass is 28.4. The van der Waals surface area contributed by atoms with Gasteiger partial charge in [0.05, 0.1) is 6.10 Å². The monoisotopic (exact) mass is 295 g/mol. The third-order valence-electron chi connectivity index (χ3n) is 3.06. The van der Waals surface area contributed by atoms with Gasteiger partial charge < -0.3 is 14.1 Å². The summed E-state index contributed by atoms with van der Waals surface area (Å²) in [4.78, 5) is 2.39. The molecule has 1 aromatic carbocycles. The number of benzene rings is 1. The molecule has 0 amide bonds. The summed E-state index contributed by atoms with van der Waals surface area (Å²) in [6.07, 6.45) is 0.141. The SMILES string of the molecule is CCN(CC)CC(COc1ccccc1)O[Si](C)(C)C. The molecule has 114 valence electrons. The Bertz CT molecular complexity index is 360. The zero-order valence-corrected chi connectivity index (χ0v) is 14.6. The lowest BCUT2D eigenvalue weighted by Crippen LogP contribution is -2.43. The molecule has 20 heavy (non-hydrogen) atoms. The van der Waals surface area contributed by atoms with Gasteiger partial charge in [0.2, 0.25) is 0 Å². The summed E-state index contributed by atoms with van der Waals surface area (Å²) < 4.78 is 12.1. The van der Waals surface area contributed by atoms with E-state index in [0.29, 0.717) is 6.61 Å². The molecule has 0 N–H and O–H groups in total. The van der Waals surface area contributed by atoms with Crippen molar-refractivity contribution in [3.05, 3.63) is 30.3 Å². The minimum Gasteiger partial charge on any atom is -0.491 e. The van der Waals surface area contributed by atoms with Gasteiger partial charge in [0.25, 0.3) is 0 Å². The van der Waals surface area contributed by atoms with E-state index in [1.807, 2.05) is 30.3 Å². The Hall–Kier alpha value is -0.843. The Kier molecular flexibility index (Phi) is 7.27. The molecule has 0 bridgehead atoms. The van der Waals surface area contributed by atoms with E-state index in [1.165, 1.54) is 0 Å². The molecular weight excluding hydrogens is 266 g/mol. The van der Waals surface area contributed by atoms with Crippen LogP contribution < -0.4 is 4.74 Å². The lowest BCUT2D eigenvalue weighted by molar-refractivity contribution is 0.0848. The first-order valence-corrected chi connectivity index (χ1v) is 10.9. The van der Waals surface area contributed by atoms with Crippen LogP contribution in [-0.2, 0) is 4.43 Å². The molecule has 1 aromatic rings. The minimum atomic E-state index is -1.56. The lowest BCUT2D eigenvalue weighted by atomic mass is 10.3. The molecule has 0 fully saturated rings. The van der Waals surface area contributed by atoms with Crippen LogP contribution >= 0.6 is 0 Å². The highest BCUT2D eigenvalue weighted by Gasteiger charge is 2.23. The molecule has 1 atom stereocenters. The normalized spacial score (nSPS) is 13.5. The molecule has 1 unspecified atom stereocenters. The molecule has 1 rings (SSSR count). The predicted molar refractivity (Wildman–Crippen MR) is 87.9 cm³/mol.